The van der Waals surface area contributed by atoms with Crippen molar-refractivity contribution in [2.45, 2.75) is 18.9 Å². The lowest BCUT2D eigenvalue weighted by Crippen LogP contribution is -2.40. The van der Waals surface area contributed by atoms with Gasteiger partial charge < -0.3 is 4.90 Å². The summed E-state index contributed by atoms with van der Waals surface area (Å²) < 4.78 is 0. The van der Waals surface area contributed by atoms with Crippen molar-refractivity contribution in [1.82, 2.24) is 4.90 Å². The summed E-state index contributed by atoms with van der Waals surface area (Å²) in [6, 6.07) is 27.0. The third kappa shape index (κ3) is 2.64. The molecule has 1 amide bonds. The van der Waals surface area contributed by atoms with Crippen LogP contribution in [-0.4, -0.2) is 17.9 Å². The Kier molecular flexibility index (Phi) is 3.89. The van der Waals surface area contributed by atoms with E-state index in [0.717, 1.165) is 11.1 Å². The molecule has 1 heterocycles. The number of rotatable bonds is 2. The van der Waals surface area contributed by atoms with Gasteiger partial charge in [-0.2, -0.15) is 0 Å². The van der Waals surface area contributed by atoms with Gasteiger partial charge in [-0.15, -0.1) is 0 Å². The van der Waals surface area contributed by atoms with E-state index >= 15 is 0 Å². The van der Waals surface area contributed by atoms with Gasteiger partial charge in [0.1, 0.15) is 0 Å². The van der Waals surface area contributed by atoms with E-state index in [1.807, 2.05) is 48.3 Å². The molecule has 0 fully saturated rings. The number of hydrogen-bond donors (Lipinski definition) is 0. The molecule has 0 spiro atoms. The minimum atomic E-state index is -0.00889. The second-order valence-electron chi connectivity index (χ2n) is 6.75. The van der Waals surface area contributed by atoms with Gasteiger partial charge in [0, 0.05) is 18.5 Å². The summed E-state index contributed by atoms with van der Waals surface area (Å²) in [7, 11) is 1.92. The molecule has 0 bridgehead atoms. The third-order valence-corrected chi connectivity index (χ3v) is 5.13. The van der Waals surface area contributed by atoms with Crippen molar-refractivity contribution >= 4 is 5.91 Å². The van der Waals surface area contributed by atoms with Crippen LogP contribution in [0.5, 0.6) is 0 Å². The van der Waals surface area contributed by atoms with Crippen LogP contribution in [0.4, 0.5) is 0 Å². The van der Waals surface area contributed by atoms with Crippen LogP contribution in [-0.2, 0) is 0 Å². The summed E-state index contributed by atoms with van der Waals surface area (Å²) >= 11 is 0. The molecule has 0 saturated carbocycles. The molecule has 124 valence electrons. The first kappa shape index (κ1) is 15.6. The molecule has 0 unspecified atom stereocenters. The van der Waals surface area contributed by atoms with E-state index in [-0.39, 0.29) is 17.9 Å². The fourth-order valence-electron chi connectivity index (χ4n) is 3.93. The Hall–Kier alpha value is -2.87. The van der Waals surface area contributed by atoms with Gasteiger partial charge in [0.25, 0.3) is 5.91 Å². The highest BCUT2D eigenvalue weighted by Crippen LogP contribution is 2.45. The molecule has 3 aromatic carbocycles. The number of fused-ring (bicyclic) bond motifs is 1. The summed E-state index contributed by atoms with van der Waals surface area (Å²) in [5, 5.41) is 0. The number of amides is 1. The standard InChI is InChI=1S/C23H21NO/c1-16-13-14-19-20(15-16)21(17-9-5-3-6-10-17)22(24(2)23(19)25)18-11-7-4-8-12-18/h3-15,21-22H,1-2H3/t21-,22-/m0/s1. The minimum Gasteiger partial charge on any atom is -0.334 e. The maximum absolute atomic E-state index is 13.0. The summed E-state index contributed by atoms with van der Waals surface area (Å²) in [4.78, 5) is 14.9. The van der Waals surface area contributed by atoms with Crippen LogP contribution < -0.4 is 0 Å². The average molecular weight is 327 g/mol. The zero-order valence-electron chi connectivity index (χ0n) is 14.5. The van der Waals surface area contributed by atoms with E-state index in [9.17, 15) is 4.79 Å². The largest absolute Gasteiger partial charge is 0.334 e. The second kappa shape index (κ2) is 6.21. The first-order valence-corrected chi connectivity index (χ1v) is 8.64. The highest BCUT2D eigenvalue weighted by molar-refractivity contribution is 5.97. The lowest BCUT2D eigenvalue weighted by atomic mass is 9.76. The minimum absolute atomic E-state index is 0.00889. The number of carbonyl (C=O) groups is 1. The van der Waals surface area contributed by atoms with Gasteiger partial charge in [0.2, 0.25) is 0 Å². The van der Waals surface area contributed by atoms with E-state index in [0.29, 0.717) is 0 Å². The van der Waals surface area contributed by atoms with Gasteiger partial charge in [-0.05, 0) is 29.7 Å². The van der Waals surface area contributed by atoms with Crippen LogP contribution in [0.2, 0.25) is 0 Å². The molecule has 2 heteroatoms. The SMILES string of the molecule is Cc1ccc2c(c1)[C@H](c1ccccc1)[C@H](c1ccccc1)N(C)C2=O. The van der Waals surface area contributed by atoms with Crippen molar-refractivity contribution in [1.29, 1.82) is 0 Å². The normalized spacial score (nSPS) is 19.6. The van der Waals surface area contributed by atoms with Gasteiger partial charge >= 0.3 is 0 Å². The Morgan fingerprint density at radius 2 is 1.40 bits per heavy atom. The predicted molar refractivity (Wildman–Crippen MR) is 101 cm³/mol. The summed E-state index contributed by atoms with van der Waals surface area (Å²) in [6.45, 7) is 2.09. The van der Waals surface area contributed by atoms with Crippen molar-refractivity contribution in [2.24, 2.45) is 0 Å². The fraction of sp³-hybridized carbons (Fsp3) is 0.174. The monoisotopic (exact) mass is 327 g/mol. The Morgan fingerprint density at radius 1 is 0.800 bits per heavy atom. The molecule has 0 saturated heterocycles. The fourth-order valence-corrected chi connectivity index (χ4v) is 3.93. The molecular formula is C23H21NO. The Bertz CT molecular complexity index is 902. The van der Waals surface area contributed by atoms with Gasteiger partial charge in [-0.1, -0.05) is 78.4 Å². The van der Waals surface area contributed by atoms with E-state index in [1.54, 1.807) is 0 Å². The maximum Gasteiger partial charge on any atom is 0.254 e. The molecule has 2 nitrogen and oxygen atoms in total. The van der Waals surface area contributed by atoms with E-state index in [2.05, 4.69) is 49.4 Å². The smallest absolute Gasteiger partial charge is 0.254 e. The van der Waals surface area contributed by atoms with Crippen molar-refractivity contribution in [2.75, 3.05) is 7.05 Å². The molecule has 1 aliphatic rings. The third-order valence-electron chi connectivity index (χ3n) is 5.13. The average Bonchev–Trinajstić information content (AvgIpc) is 2.65. The quantitative estimate of drug-likeness (QED) is 0.652. The Balaban J connectivity index is 1.98. The van der Waals surface area contributed by atoms with Crippen LogP contribution in [0.15, 0.2) is 78.9 Å². The summed E-state index contributed by atoms with van der Waals surface area (Å²) in [5.74, 6) is 0.220. The lowest BCUT2D eigenvalue weighted by Gasteiger charge is -2.41. The van der Waals surface area contributed by atoms with E-state index < -0.39 is 0 Å². The summed E-state index contributed by atoms with van der Waals surface area (Å²) in [6.07, 6.45) is 0. The van der Waals surface area contributed by atoms with Crippen molar-refractivity contribution in [3.8, 4) is 0 Å². The van der Waals surface area contributed by atoms with Crippen LogP contribution >= 0.6 is 0 Å². The highest BCUT2D eigenvalue weighted by Gasteiger charge is 2.39. The Morgan fingerprint density at radius 3 is 2.04 bits per heavy atom. The zero-order valence-corrected chi connectivity index (χ0v) is 14.5. The lowest BCUT2D eigenvalue weighted by molar-refractivity contribution is 0.0686. The summed E-state index contributed by atoms with van der Waals surface area (Å²) in [5.41, 5.74) is 5.53. The number of nitrogens with zero attached hydrogens (tertiary/aromatic N) is 1. The number of benzene rings is 3. The molecule has 4 rings (SSSR count). The van der Waals surface area contributed by atoms with Gasteiger partial charge in [-0.3, -0.25) is 4.79 Å². The number of hydrogen-bond acceptors (Lipinski definition) is 1. The molecule has 0 aromatic heterocycles. The van der Waals surface area contributed by atoms with Crippen LogP contribution in [0.1, 0.15) is 44.6 Å². The van der Waals surface area contributed by atoms with Crippen molar-refractivity contribution in [3.05, 3.63) is 107 Å². The predicted octanol–water partition coefficient (Wildman–Crippen LogP) is 4.95. The molecule has 1 aliphatic heterocycles. The van der Waals surface area contributed by atoms with Crippen LogP contribution in [0, 0.1) is 6.92 Å². The van der Waals surface area contributed by atoms with Crippen LogP contribution in [0.3, 0.4) is 0 Å². The first-order chi connectivity index (χ1) is 12.2. The number of carbonyl (C=O) groups excluding carboxylic acids is 1. The van der Waals surface area contributed by atoms with Gasteiger partial charge in [0.05, 0.1) is 6.04 Å². The Labute approximate surface area is 148 Å². The number of aryl methyl sites for hydroxylation is 1. The maximum atomic E-state index is 13.0. The molecule has 2 atom stereocenters. The second-order valence-corrected chi connectivity index (χ2v) is 6.75. The topological polar surface area (TPSA) is 20.3 Å². The molecular weight excluding hydrogens is 306 g/mol. The first-order valence-electron chi connectivity index (χ1n) is 8.64. The molecule has 25 heavy (non-hydrogen) atoms. The van der Waals surface area contributed by atoms with Gasteiger partial charge in [0.15, 0.2) is 0 Å². The molecule has 0 aliphatic carbocycles. The molecule has 3 aromatic rings. The van der Waals surface area contributed by atoms with E-state index in [4.69, 9.17) is 0 Å². The molecule has 0 N–H and O–H groups in total. The van der Waals surface area contributed by atoms with Crippen LogP contribution in [0.25, 0.3) is 0 Å². The van der Waals surface area contributed by atoms with E-state index in [1.165, 1.54) is 16.7 Å². The molecule has 0 radical (unpaired) electrons. The highest BCUT2D eigenvalue weighted by atomic mass is 16.2. The van der Waals surface area contributed by atoms with Crippen molar-refractivity contribution < 1.29 is 4.79 Å². The van der Waals surface area contributed by atoms with Gasteiger partial charge in [-0.25, -0.2) is 0 Å². The zero-order chi connectivity index (χ0) is 17.4. The van der Waals surface area contributed by atoms with Crippen molar-refractivity contribution in [3.63, 3.8) is 0 Å². The number of likely N-dealkylation sites (N-methyl/N-ethyl adjacent to an activating group) is 1.